The highest BCUT2D eigenvalue weighted by molar-refractivity contribution is 4.77. The van der Waals surface area contributed by atoms with Crippen LogP contribution >= 0.6 is 0 Å². The zero-order valence-corrected chi connectivity index (χ0v) is 8.08. The maximum Gasteiger partial charge on any atom is 0.0664 e. The second-order valence-electron chi connectivity index (χ2n) is 3.61. The fourth-order valence-electron chi connectivity index (χ4n) is 1.55. The Kier molecular flexibility index (Phi) is 3.98. The molecule has 1 fully saturated rings. The molecule has 0 saturated carbocycles. The maximum absolute atomic E-state index is 9.47. The summed E-state index contributed by atoms with van der Waals surface area (Å²) in [5.74, 6) is 0. The highest BCUT2D eigenvalue weighted by Gasteiger charge is 2.19. The van der Waals surface area contributed by atoms with Crippen molar-refractivity contribution in [2.24, 2.45) is 0 Å². The molecule has 0 aliphatic carbocycles. The Hall–Kier alpha value is -0.120. The largest absolute Gasteiger partial charge is 0.392 e. The summed E-state index contributed by atoms with van der Waals surface area (Å²) in [5.41, 5.74) is 0. The van der Waals surface area contributed by atoms with Crippen LogP contribution in [0.25, 0.3) is 0 Å². The number of hydrogen-bond acceptors (Lipinski definition) is 3. The molecule has 1 heterocycles. The summed E-state index contributed by atoms with van der Waals surface area (Å²) in [6.45, 7) is 8.24. The topological polar surface area (TPSA) is 35.5 Å². The van der Waals surface area contributed by atoms with Gasteiger partial charge in [0.15, 0.2) is 0 Å². The van der Waals surface area contributed by atoms with Crippen molar-refractivity contribution in [3.63, 3.8) is 0 Å². The van der Waals surface area contributed by atoms with Crippen LogP contribution in [0.5, 0.6) is 0 Å². The lowest BCUT2D eigenvalue weighted by Gasteiger charge is -2.34. The first-order valence-electron chi connectivity index (χ1n) is 4.87. The molecule has 0 bridgehead atoms. The van der Waals surface area contributed by atoms with E-state index in [0.717, 1.165) is 32.6 Å². The third-order valence-corrected chi connectivity index (χ3v) is 2.56. The van der Waals surface area contributed by atoms with Gasteiger partial charge in [-0.3, -0.25) is 4.90 Å². The minimum atomic E-state index is -0.148. The molecule has 0 aromatic rings. The lowest BCUT2D eigenvalue weighted by atomic mass is 10.2. The van der Waals surface area contributed by atoms with E-state index in [0.29, 0.717) is 6.04 Å². The highest BCUT2D eigenvalue weighted by Crippen LogP contribution is 2.04. The first kappa shape index (κ1) is 9.96. The zero-order chi connectivity index (χ0) is 8.97. The molecule has 2 N–H and O–H groups in total. The van der Waals surface area contributed by atoms with E-state index < -0.39 is 0 Å². The van der Waals surface area contributed by atoms with Gasteiger partial charge in [-0.2, -0.15) is 0 Å². The first-order chi connectivity index (χ1) is 5.74. The van der Waals surface area contributed by atoms with Gasteiger partial charge in [0.1, 0.15) is 0 Å². The van der Waals surface area contributed by atoms with E-state index in [9.17, 15) is 5.11 Å². The number of β-amino-alcohol motifs (C(OH)–C–C–N with tert-alkyl or cyclic N) is 1. The van der Waals surface area contributed by atoms with E-state index >= 15 is 0 Å². The molecule has 0 spiro atoms. The number of hydrogen-bond donors (Lipinski definition) is 2. The quantitative estimate of drug-likeness (QED) is 0.631. The third-order valence-electron chi connectivity index (χ3n) is 2.56. The molecule has 1 aliphatic rings. The molecule has 72 valence electrons. The van der Waals surface area contributed by atoms with Crippen molar-refractivity contribution in [1.29, 1.82) is 0 Å². The molecule has 1 aliphatic heterocycles. The van der Waals surface area contributed by atoms with E-state index in [2.05, 4.69) is 17.1 Å². The molecule has 1 unspecified atom stereocenters. The molecule has 0 radical (unpaired) electrons. The summed E-state index contributed by atoms with van der Waals surface area (Å²) in [7, 11) is 0. The standard InChI is InChI=1S/C9H20N2O/c1-3-9(12)7-11-5-4-10-6-8(11)2/h8-10,12H,3-7H2,1-2H3/t8-,9?/m0/s1. The van der Waals surface area contributed by atoms with Crippen LogP contribution in [0.4, 0.5) is 0 Å². The summed E-state index contributed by atoms with van der Waals surface area (Å²) in [5, 5.41) is 12.8. The molecule has 3 nitrogen and oxygen atoms in total. The minimum Gasteiger partial charge on any atom is -0.392 e. The van der Waals surface area contributed by atoms with Gasteiger partial charge in [0, 0.05) is 32.2 Å². The average molecular weight is 172 g/mol. The number of aliphatic hydroxyl groups is 1. The van der Waals surface area contributed by atoms with Crippen LogP contribution in [0.3, 0.4) is 0 Å². The summed E-state index contributed by atoms with van der Waals surface area (Å²) < 4.78 is 0. The van der Waals surface area contributed by atoms with Crippen molar-refractivity contribution in [2.75, 3.05) is 26.2 Å². The van der Waals surface area contributed by atoms with E-state index in [1.807, 2.05) is 6.92 Å². The van der Waals surface area contributed by atoms with E-state index in [1.165, 1.54) is 0 Å². The molecule has 1 rings (SSSR count). The third kappa shape index (κ3) is 2.73. The maximum atomic E-state index is 9.47. The van der Waals surface area contributed by atoms with E-state index in [-0.39, 0.29) is 6.10 Å². The summed E-state index contributed by atoms with van der Waals surface area (Å²) >= 11 is 0. The normalized spacial score (nSPS) is 28.8. The Morgan fingerprint density at radius 2 is 2.42 bits per heavy atom. The van der Waals surface area contributed by atoms with E-state index in [1.54, 1.807) is 0 Å². The fourth-order valence-corrected chi connectivity index (χ4v) is 1.55. The second kappa shape index (κ2) is 4.80. The average Bonchev–Trinajstić information content (AvgIpc) is 2.09. The number of aliphatic hydroxyl groups excluding tert-OH is 1. The van der Waals surface area contributed by atoms with Crippen LogP contribution in [0.2, 0.25) is 0 Å². The number of piperazine rings is 1. The van der Waals surface area contributed by atoms with Gasteiger partial charge in [-0.05, 0) is 13.3 Å². The lowest BCUT2D eigenvalue weighted by Crippen LogP contribution is -2.51. The van der Waals surface area contributed by atoms with Gasteiger partial charge in [-0.25, -0.2) is 0 Å². The fraction of sp³-hybridized carbons (Fsp3) is 1.00. The predicted octanol–water partition coefficient (Wildman–Crippen LogP) is 0.0510. The van der Waals surface area contributed by atoms with Crippen LogP contribution in [0.1, 0.15) is 20.3 Å². The predicted molar refractivity (Wildman–Crippen MR) is 50.2 cm³/mol. The van der Waals surface area contributed by atoms with E-state index in [4.69, 9.17) is 0 Å². The molecule has 1 saturated heterocycles. The molecule has 12 heavy (non-hydrogen) atoms. The highest BCUT2D eigenvalue weighted by atomic mass is 16.3. The zero-order valence-electron chi connectivity index (χ0n) is 8.08. The van der Waals surface area contributed by atoms with Crippen molar-refractivity contribution >= 4 is 0 Å². The Bertz CT molecular complexity index is 130. The first-order valence-corrected chi connectivity index (χ1v) is 4.87. The van der Waals surface area contributed by atoms with Crippen molar-refractivity contribution < 1.29 is 5.11 Å². The van der Waals surface area contributed by atoms with Crippen LogP contribution in [-0.4, -0.2) is 48.3 Å². The second-order valence-corrected chi connectivity index (χ2v) is 3.61. The summed E-state index contributed by atoms with van der Waals surface area (Å²) in [6, 6.07) is 0.569. The smallest absolute Gasteiger partial charge is 0.0664 e. The van der Waals surface area contributed by atoms with Crippen molar-refractivity contribution in [3.05, 3.63) is 0 Å². The van der Waals surface area contributed by atoms with Gasteiger partial charge >= 0.3 is 0 Å². The van der Waals surface area contributed by atoms with Gasteiger partial charge in [-0.15, -0.1) is 0 Å². The van der Waals surface area contributed by atoms with Gasteiger partial charge in [0.05, 0.1) is 6.10 Å². The van der Waals surface area contributed by atoms with Crippen LogP contribution in [-0.2, 0) is 0 Å². The number of rotatable bonds is 3. The molecule has 2 atom stereocenters. The van der Waals surface area contributed by atoms with Crippen molar-refractivity contribution in [2.45, 2.75) is 32.4 Å². The van der Waals surface area contributed by atoms with Gasteiger partial charge in [0.25, 0.3) is 0 Å². The molecule has 0 aromatic carbocycles. The molecule has 3 heteroatoms. The van der Waals surface area contributed by atoms with Crippen LogP contribution in [0, 0.1) is 0 Å². The monoisotopic (exact) mass is 172 g/mol. The Balaban J connectivity index is 2.28. The van der Waals surface area contributed by atoms with Crippen molar-refractivity contribution in [3.8, 4) is 0 Å². The Labute approximate surface area is 74.8 Å². The van der Waals surface area contributed by atoms with Gasteiger partial charge in [0.2, 0.25) is 0 Å². The lowest BCUT2D eigenvalue weighted by molar-refractivity contribution is 0.0772. The van der Waals surface area contributed by atoms with Crippen LogP contribution < -0.4 is 5.32 Å². The SMILES string of the molecule is CCC(O)CN1CCNC[C@@H]1C. The Morgan fingerprint density at radius 3 is 3.00 bits per heavy atom. The molecule has 0 amide bonds. The summed E-state index contributed by atoms with van der Waals surface area (Å²) in [6.07, 6.45) is 0.710. The minimum absolute atomic E-state index is 0.148. The Morgan fingerprint density at radius 1 is 1.67 bits per heavy atom. The van der Waals surface area contributed by atoms with Crippen LogP contribution in [0.15, 0.2) is 0 Å². The molecule has 0 aromatic heterocycles. The number of nitrogens with zero attached hydrogens (tertiary/aromatic N) is 1. The molecular weight excluding hydrogens is 152 g/mol. The van der Waals surface area contributed by atoms with Gasteiger partial charge < -0.3 is 10.4 Å². The molecular formula is C9H20N2O. The van der Waals surface area contributed by atoms with Crippen molar-refractivity contribution in [1.82, 2.24) is 10.2 Å². The summed E-state index contributed by atoms with van der Waals surface area (Å²) in [4.78, 5) is 2.35. The van der Waals surface area contributed by atoms with Gasteiger partial charge in [-0.1, -0.05) is 6.92 Å². The number of nitrogens with one attached hydrogen (secondary N) is 1.